The SMILES string of the molecule is [CH]1c2[nH]c3ccccc3c2C=CC1(c1ccccc1)c1ccccc1. The van der Waals surface area contributed by atoms with Crippen LogP contribution in [0.4, 0.5) is 0 Å². The van der Waals surface area contributed by atoms with Crippen LogP contribution in [0.1, 0.15) is 22.4 Å². The Morgan fingerprint density at radius 3 is 1.92 bits per heavy atom. The van der Waals surface area contributed by atoms with Crippen molar-refractivity contribution >= 4 is 17.0 Å². The highest BCUT2D eigenvalue weighted by molar-refractivity contribution is 5.92. The zero-order valence-corrected chi connectivity index (χ0v) is 13.8. The van der Waals surface area contributed by atoms with Crippen molar-refractivity contribution in [1.82, 2.24) is 4.98 Å². The molecule has 0 saturated heterocycles. The summed E-state index contributed by atoms with van der Waals surface area (Å²) in [5, 5.41) is 1.28. The number of allylic oxidation sites excluding steroid dienone is 1. The van der Waals surface area contributed by atoms with Gasteiger partial charge in [0.2, 0.25) is 0 Å². The first-order valence-corrected chi connectivity index (χ1v) is 8.64. The Balaban J connectivity index is 1.74. The number of H-pyrrole nitrogens is 1. The summed E-state index contributed by atoms with van der Waals surface area (Å²) in [5.74, 6) is 0. The van der Waals surface area contributed by atoms with Gasteiger partial charge in [-0.1, -0.05) is 91.0 Å². The second-order valence-corrected chi connectivity index (χ2v) is 6.58. The fourth-order valence-corrected chi connectivity index (χ4v) is 3.92. The molecule has 25 heavy (non-hydrogen) atoms. The summed E-state index contributed by atoms with van der Waals surface area (Å²) in [5.41, 5.74) is 5.96. The minimum atomic E-state index is -0.254. The molecule has 119 valence electrons. The highest BCUT2D eigenvalue weighted by atomic mass is 14.7. The normalized spacial score (nSPS) is 15.2. The van der Waals surface area contributed by atoms with E-state index in [0.29, 0.717) is 0 Å². The average molecular weight is 320 g/mol. The van der Waals surface area contributed by atoms with E-state index >= 15 is 0 Å². The van der Waals surface area contributed by atoms with Crippen molar-refractivity contribution in [3.63, 3.8) is 0 Å². The summed E-state index contributed by atoms with van der Waals surface area (Å²) >= 11 is 0. The Kier molecular flexibility index (Phi) is 3.14. The first kappa shape index (κ1) is 14.3. The van der Waals surface area contributed by atoms with Gasteiger partial charge >= 0.3 is 0 Å². The fourth-order valence-electron chi connectivity index (χ4n) is 3.92. The molecule has 0 fully saturated rings. The fraction of sp³-hybridized carbons (Fsp3) is 0.0417. The maximum atomic E-state index is 3.60. The van der Waals surface area contributed by atoms with Crippen LogP contribution in [0, 0.1) is 6.42 Å². The Hall–Kier alpha value is -3.06. The van der Waals surface area contributed by atoms with Gasteiger partial charge in [-0.15, -0.1) is 0 Å². The van der Waals surface area contributed by atoms with Crippen molar-refractivity contribution in [2.75, 3.05) is 0 Å². The van der Waals surface area contributed by atoms with E-state index in [2.05, 4.69) is 108 Å². The number of benzene rings is 3. The molecule has 0 atom stereocenters. The van der Waals surface area contributed by atoms with Gasteiger partial charge in [0.25, 0.3) is 0 Å². The van der Waals surface area contributed by atoms with Crippen molar-refractivity contribution in [2.45, 2.75) is 5.41 Å². The molecule has 3 aromatic carbocycles. The maximum absolute atomic E-state index is 3.60. The van der Waals surface area contributed by atoms with E-state index in [1.807, 2.05) is 0 Å². The van der Waals surface area contributed by atoms with E-state index < -0.39 is 0 Å². The van der Waals surface area contributed by atoms with E-state index in [1.54, 1.807) is 0 Å². The molecule has 4 aromatic rings. The van der Waals surface area contributed by atoms with Gasteiger partial charge in [0.15, 0.2) is 0 Å². The average Bonchev–Trinajstić information content (AvgIpc) is 3.06. The predicted octanol–water partition coefficient (Wildman–Crippen LogP) is 5.73. The molecule has 1 aliphatic carbocycles. The number of hydrogen-bond donors (Lipinski definition) is 1. The molecule has 1 nitrogen and oxygen atoms in total. The van der Waals surface area contributed by atoms with Gasteiger partial charge in [-0.25, -0.2) is 0 Å². The van der Waals surface area contributed by atoms with Gasteiger partial charge in [-0.2, -0.15) is 0 Å². The lowest BCUT2D eigenvalue weighted by molar-refractivity contribution is 0.753. The second kappa shape index (κ2) is 5.49. The molecule has 0 saturated carbocycles. The topological polar surface area (TPSA) is 15.8 Å². The first-order valence-electron chi connectivity index (χ1n) is 8.64. The van der Waals surface area contributed by atoms with Crippen LogP contribution >= 0.6 is 0 Å². The van der Waals surface area contributed by atoms with Crippen LogP contribution in [-0.2, 0) is 5.41 Å². The van der Waals surface area contributed by atoms with E-state index in [-0.39, 0.29) is 5.41 Å². The monoisotopic (exact) mass is 320 g/mol. The van der Waals surface area contributed by atoms with Crippen molar-refractivity contribution < 1.29 is 0 Å². The van der Waals surface area contributed by atoms with Crippen LogP contribution in [0.15, 0.2) is 91.0 Å². The van der Waals surface area contributed by atoms with Gasteiger partial charge in [-0.3, -0.25) is 0 Å². The van der Waals surface area contributed by atoms with Gasteiger partial charge in [0, 0.05) is 34.0 Å². The van der Waals surface area contributed by atoms with Crippen molar-refractivity contribution in [1.29, 1.82) is 0 Å². The largest absolute Gasteiger partial charge is 0.358 e. The predicted molar refractivity (Wildman–Crippen MR) is 104 cm³/mol. The summed E-state index contributed by atoms with van der Waals surface area (Å²) in [7, 11) is 0. The van der Waals surface area contributed by atoms with Crippen LogP contribution in [0.2, 0.25) is 0 Å². The van der Waals surface area contributed by atoms with Crippen LogP contribution in [0.5, 0.6) is 0 Å². The lowest BCUT2D eigenvalue weighted by Crippen LogP contribution is -2.28. The Labute approximate surface area is 147 Å². The lowest BCUT2D eigenvalue weighted by atomic mass is 9.68. The third-order valence-corrected chi connectivity index (χ3v) is 5.16. The third kappa shape index (κ3) is 2.16. The molecule has 1 heteroatoms. The molecule has 0 spiro atoms. The first-order chi connectivity index (χ1) is 12.4. The Morgan fingerprint density at radius 2 is 1.24 bits per heavy atom. The highest BCUT2D eigenvalue weighted by Crippen LogP contribution is 2.44. The quantitative estimate of drug-likeness (QED) is 0.485. The summed E-state index contributed by atoms with van der Waals surface area (Å²) in [4.78, 5) is 3.60. The van der Waals surface area contributed by atoms with Crippen LogP contribution in [0.25, 0.3) is 17.0 Å². The minimum absolute atomic E-state index is 0.254. The Bertz CT molecular complexity index is 1020. The molecular weight excluding hydrogens is 302 g/mol. The molecule has 0 unspecified atom stereocenters. The van der Waals surface area contributed by atoms with Crippen LogP contribution in [-0.4, -0.2) is 4.98 Å². The molecular formula is C24H18N. The Morgan fingerprint density at radius 1 is 0.640 bits per heavy atom. The smallest absolute Gasteiger partial charge is 0.0475 e. The zero-order valence-electron chi connectivity index (χ0n) is 13.8. The van der Waals surface area contributed by atoms with Crippen LogP contribution in [0.3, 0.4) is 0 Å². The van der Waals surface area contributed by atoms with Gasteiger partial charge < -0.3 is 4.98 Å². The minimum Gasteiger partial charge on any atom is -0.358 e. The summed E-state index contributed by atoms with van der Waals surface area (Å²) in [6.07, 6.45) is 6.97. The molecule has 1 heterocycles. The highest BCUT2D eigenvalue weighted by Gasteiger charge is 2.36. The molecule has 1 N–H and O–H groups in total. The van der Waals surface area contributed by atoms with Gasteiger partial charge in [0.1, 0.15) is 0 Å². The molecule has 5 rings (SSSR count). The molecule has 1 aliphatic rings. The third-order valence-electron chi connectivity index (χ3n) is 5.16. The summed E-state index contributed by atoms with van der Waals surface area (Å²) < 4.78 is 0. The van der Waals surface area contributed by atoms with Crippen LogP contribution < -0.4 is 0 Å². The van der Waals surface area contributed by atoms with Crippen molar-refractivity contribution in [2.24, 2.45) is 0 Å². The molecule has 1 radical (unpaired) electrons. The van der Waals surface area contributed by atoms with Crippen molar-refractivity contribution in [3.05, 3.63) is 120 Å². The number of hydrogen-bond acceptors (Lipinski definition) is 0. The van der Waals surface area contributed by atoms with E-state index in [9.17, 15) is 0 Å². The summed E-state index contributed by atoms with van der Waals surface area (Å²) in [6, 6.07) is 29.9. The number of aromatic amines is 1. The van der Waals surface area contributed by atoms with Crippen molar-refractivity contribution in [3.8, 4) is 0 Å². The molecule has 0 amide bonds. The van der Waals surface area contributed by atoms with E-state index in [0.717, 1.165) is 0 Å². The maximum Gasteiger partial charge on any atom is 0.0475 e. The molecule has 0 aliphatic heterocycles. The number of fused-ring (bicyclic) bond motifs is 3. The number of para-hydroxylation sites is 1. The second-order valence-electron chi connectivity index (χ2n) is 6.58. The van der Waals surface area contributed by atoms with Gasteiger partial charge in [-0.05, 0) is 17.2 Å². The molecule has 1 aromatic heterocycles. The summed E-state index contributed by atoms with van der Waals surface area (Å²) in [6.45, 7) is 0. The number of nitrogens with one attached hydrogen (secondary N) is 1. The zero-order chi connectivity index (χ0) is 16.7. The number of rotatable bonds is 2. The standard InChI is InChI=1S/C24H18N/c1-3-9-18(10-4-1)24(19-11-5-2-6-12-19)16-15-21-20-13-7-8-14-22(20)25-23(21)17-24/h1-17,25H. The van der Waals surface area contributed by atoms with Gasteiger partial charge in [0.05, 0.1) is 0 Å². The number of aromatic nitrogens is 1. The lowest BCUT2D eigenvalue weighted by Gasteiger charge is -2.34. The van der Waals surface area contributed by atoms with E-state index in [4.69, 9.17) is 0 Å². The molecule has 0 bridgehead atoms. The van der Waals surface area contributed by atoms with E-state index in [1.165, 1.54) is 33.3 Å².